The molecule has 0 unspecified atom stereocenters. The minimum absolute atomic E-state index is 0.200. The molecule has 0 aromatic heterocycles. The van der Waals surface area contributed by atoms with E-state index in [1.54, 1.807) is 54.6 Å². The summed E-state index contributed by atoms with van der Waals surface area (Å²) in [4.78, 5) is 39.0. The maximum Gasteiger partial charge on any atom is 0.335 e. The van der Waals surface area contributed by atoms with Gasteiger partial charge in [0.15, 0.2) is 11.5 Å². The quantitative estimate of drug-likeness (QED) is 0.234. The summed E-state index contributed by atoms with van der Waals surface area (Å²) in [5.41, 5.74) is 1.37. The Labute approximate surface area is 233 Å². The van der Waals surface area contributed by atoms with Gasteiger partial charge in [-0.15, -0.1) is 0 Å². The zero-order chi connectivity index (χ0) is 26.0. The number of barbiturate groups is 1. The highest BCUT2D eigenvalue weighted by Crippen LogP contribution is 2.36. The summed E-state index contributed by atoms with van der Waals surface area (Å²) in [6, 6.07) is 14.2. The molecule has 0 saturated carbocycles. The molecular weight excluding hydrogens is 639 g/mol. The van der Waals surface area contributed by atoms with Gasteiger partial charge in [-0.05, 0) is 65.7 Å². The van der Waals surface area contributed by atoms with E-state index >= 15 is 0 Å². The summed E-state index contributed by atoms with van der Waals surface area (Å²) in [6.07, 6.45) is 1.38. The maximum absolute atomic E-state index is 13.2. The summed E-state index contributed by atoms with van der Waals surface area (Å²) in [5, 5.41) is 3.07. The van der Waals surface area contributed by atoms with E-state index in [0.717, 1.165) is 14.9 Å². The largest absolute Gasteiger partial charge is 0.493 e. The van der Waals surface area contributed by atoms with Crippen molar-refractivity contribution in [2.24, 2.45) is 0 Å². The van der Waals surface area contributed by atoms with Crippen LogP contribution in [0, 0.1) is 0 Å². The van der Waals surface area contributed by atoms with E-state index in [-0.39, 0.29) is 12.2 Å². The van der Waals surface area contributed by atoms with Crippen LogP contribution in [-0.2, 0) is 16.2 Å². The molecular formula is C25H16Br2Cl2N2O5. The van der Waals surface area contributed by atoms with Crippen molar-refractivity contribution in [3.8, 4) is 11.5 Å². The third kappa shape index (κ3) is 5.59. The summed E-state index contributed by atoms with van der Waals surface area (Å²) < 4.78 is 12.7. The predicted octanol–water partition coefficient (Wildman–Crippen LogP) is 6.77. The van der Waals surface area contributed by atoms with Crippen LogP contribution in [0.1, 0.15) is 11.1 Å². The lowest BCUT2D eigenvalue weighted by molar-refractivity contribution is -0.122. The van der Waals surface area contributed by atoms with Crippen LogP contribution in [-0.4, -0.2) is 25.0 Å². The van der Waals surface area contributed by atoms with Crippen LogP contribution in [0.4, 0.5) is 10.5 Å². The molecule has 1 aliphatic rings. The number of hydrogen-bond acceptors (Lipinski definition) is 5. The van der Waals surface area contributed by atoms with Gasteiger partial charge in [0, 0.05) is 8.95 Å². The van der Waals surface area contributed by atoms with Gasteiger partial charge in [0.05, 0.1) is 22.8 Å². The van der Waals surface area contributed by atoms with Gasteiger partial charge < -0.3 is 9.47 Å². The third-order valence-electron chi connectivity index (χ3n) is 5.15. The van der Waals surface area contributed by atoms with Crippen molar-refractivity contribution >= 4 is 84.7 Å². The Morgan fingerprint density at radius 1 is 0.944 bits per heavy atom. The lowest BCUT2D eigenvalue weighted by atomic mass is 10.1. The number of urea groups is 1. The number of hydrogen-bond donors (Lipinski definition) is 1. The topological polar surface area (TPSA) is 84.9 Å². The van der Waals surface area contributed by atoms with E-state index in [2.05, 4.69) is 37.2 Å². The van der Waals surface area contributed by atoms with E-state index in [1.807, 2.05) is 0 Å². The van der Waals surface area contributed by atoms with Gasteiger partial charge in [0.25, 0.3) is 11.8 Å². The fourth-order valence-corrected chi connectivity index (χ4v) is 4.38. The predicted molar refractivity (Wildman–Crippen MR) is 145 cm³/mol. The number of benzene rings is 3. The van der Waals surface area contributed by atoms with E-state index in [9.17, 15) is 14.4 Å². The molecule has 0 spiro atoms. The van der Waals surface area contributed by atoms with Crippen LogP contribution in [0.15, 0.2) is 69.1 Å². The van der Waals surface area contributed by atoms with Crippen molar-refractivity contribution in [2.75, 3.05) is 12.0 Å². The molecule has 1 aliphatic heterocycles. The molecule has 1 fully saturated rings. The zero-order valence-electron chi connectivity index (χ0n) is 18.5. The number of nitrogens with zero attached hydrogens (tertiary/aromatic N) is 1. The Hall–Kier alpha value is -2.85. The summed E-state index contributed by atoms with van der Waals surface area (Å²) in [5.74, 6) is -0.764. The Morgan fingerprint density at radius 2 is 1.67 bits per heavy atom. The molecule has 7 nitrogen and oxygen atoms in total. The van der Waals surface area contributed by atoms with Crippen molar-refractivity contribution < 1.29 is 23.9 Å². The minimum atomic E-state index is -0.827. The normalized spacial score (nSPS) is 14.8. The Morgan fingerprint density at radius 3 is 2.33 bits per heavy atom. The van der Waals surface area contributed by atoms with Crippen LogP contribution in [0.25, 0.3) is 6.08 Å². The van der Waals surface area contributed by atoms with Gasteiger partial charge in [0.1, 0.15) is 12.2 Å². The molecule has 4 amide bonds. The number of ether oxygens (including phenoxy) is 2. The number of carbonyl (C=O) groups is 3. The Balaban J connectivity index is 1.63. The van der Waals surface area contributed by atoms with Gasteiger partial charge in [-0.2, -0.15) is 0 Å². The van der Waals surface area contributed by atoms with Crippen LogP contribution in [0.2, 0.25) is 10.0 Å². The average Bonchev–Trinajstić information content (AvgIpc) is 2.84. The van der Waals surface area contributed by atoms with Crippen molar-refractivity contribution in [3.05, 3.63) is 90.3 Å². The standard InChI is InChI=1S/C25H16Br2Cl2N2O5/c1-35-21-10-14(18(27)11-22(21)36-12-13-2-7-19(28)20(29)8-13)9-17-23(32)30-25(34)31(24(17)33)16-5-3-15(26)4-6-16/h2-11H,12H2,1H3,(H,30,32,34)/b17-9+. The molecule has 0 aliphatic carbocycles. The molecule has 0 bridgehead atoms. The fourth-order valence-electron chi connectivity index (χ4n) is 3.36. The molecule has 184 valence electrons. The first-order chi connectivity index (χ1) is 17.2. The van der Waals surface area contributed by atoms with E-state index in [4.69, 9.17) is 32.7 Å². The van der Waals surface area contributed by atoms with E-state index < -0.39 is 17.8 Å². The van der Waals surface area contributed by atoms with Gasteiger partial charge in [0.2, 0.25) is 0 Å². The second kappa shape index (κ2) is 11.0. The molecule has 3 aromatic rings. The van der Waals surface area contributed by atoms with Gasteiger partial charge >= 0.3 is 6.03 Å². The second-order valence-corrected chi connectivity index (χ2v) is 10.1. The number of imide groups is 2. The van der Waals surface area contributed by atoms with Crippen molar-refractivity contribution in [3.63, 3.8) is 0 Å². The van der Waals surface area contributed by atoms with Crippen LogP contribution in [0.5, 0.6) is 11.5 Å². The number of nitrogens with one attached hydrogen (secondary N) is 1. The third-order valence-corrected chi connectivity index (χ3v) is 7.10. The number of methoxy groups -OCH3 is 1. The maximum atomic E-state index is 13.2. The highest BCUT2D eigenvalue weighted by molar-refractivity contribution is 9.10. The molecule has 1 saturated heterocycles. The first kappa shape index (κ1) is 26.2. The molecule has 0 radical (unpaired) electrons. The van der Waals surface area contributed by atoms with Crippen molar-refractivity contribution in [1.82, 2.24) is 5.32 Å². The molecule has 1 N–H and O–H groups in total. The molecule has 1 heterocycles. The molecule has 36 heavy (non-hydrogen) atoms. The lowest BCUT2D eigenvalue weighted by Crippen LogP contribution is -2.54. The first-order valence-corrected chi connectivity index (χ1v) is 12.6. The molecule has 4 rings (SSSR count). The van der Waals surface area contributed by atoms with Crippen LogP contribution in [0.3, 0.4) is 0 Å². The number of carbonyl (C=O) groups excluding carboxylic acids is 3. The summed E-state index contributed by atoms with van der Waals surface area (Å²) in [6.45, 7) is 0.200. The van der Waals surface area contributed by atoms with Crippen LogP contribution >= 0.6 is 55.1 Å². The number of rotatable bonds is 6. The molecule has 11 heteroatoms. The SMILES string of the molecule is COc1cc(/C=C2\C(=O)NC(=O)N(c3ccc(Br)cc3)C2=O)c(Br)cc1OCc1ccc(Cl)c(Cl)c1. The minimum Gasteiger partial charge on any atom is -0.493 e. The number of amides is 4. The van der Waals surface area contributed by atoms with Gasteiger partial charge in [-0.3, -0.25) is 14.9 Å². The smallest absolute Gasteiger partial charge is 0.335 e. The zero-order valence-corrected chi connectivity index (χ0v) is 23.2. The summed E-state index contributed by atoms with van der Waals surface area (Å²) in [7, 11) is 1.47. The second-order valence-electron chi connectivity index (χ2n) is 7.50. The number of halogens is 4. The Kier molecular flexibility index (Phi) is 8.04. The number of anilines is 1. The van der Waals surface area contributed by atoms with Crippen LogP contribution < -0.4 is 19.7 Å². The van der Waals surface area contributed by atoms with Crippen molar-refractivity contribution in [2.45, 2.75) is 6.61 Å². The Bertz CT molecular complexity index is 1410. The summed E-state index contributed by atoms with van der Waals surface area (Å²) >= 11 is 18.8. The van der Waals surface area contributed by atoms with E-state index in [0.29, 0.717) is 37.3 Å². The molecule has 0 atom stereocenters. The monoisotopic (exact) mass is 652 g/mol. The lowest BCUT2D eigenvalue weighted by Gasteiger charge is -2.26. The van der Waals surface area contributed by atoms with Gasteiger partial charge in [-0.25, -0.2) is 9.69 Å². The highest BCUT2D eigenvalue weighted by atomic mass is 79.9. The molecule has 3 aromatic carbocycles. The van der Waals surface area contributed by atoms with Gasteiger partial charge in [-0.1, -0.05) is 61.1 Å². The first-order valence-electron chi connectivity index (χ1n) is 10.3. The van der Waals surface area contributed by atoms with Crippen molar-refractivity contribution in [1.29, 1.82) is 0 Å². The average molecular weight is 655 g/mol. The highest BCUT2D eigenvalue weighted by Gasteiger charge is 2.37. The van der Waals surface area contributed by atoms with E-state index in [1.165, 1.54) is 13.2 Å². The fraction of sp³-hybridized carbons (Fsp3) is 0.0800.